The normalized spacial score (nSPS) is 23.2. The average Bonchev–Trinajstić information content (AvgIpc) is 2.98. The van der Waals surface area contributed by atoms with Gasteiger partial charge in [0.2, 0.25) is 0 Å². The van der Waals surface area contributed by atoms with Gasteiger partial charge in [-0.25, -0.2) is 0 Å². The van der Waals surface area contributed by atoms with E-state index in [0.29, 0.717) is 18.3 Å². The molecule has 1 aromatic carbocycles. The molecule has 112 valence electrons. The van der Waals surface area contributed by atoms with Gasteiger partial charge in [-0.05, 0) is 0 Å². The molecule has 2 unspecified atom stereocenters. The van der Waals surface area contributed by atoms with Crippen molar-refractivity contribution in [1.29, 1.82) is 0 Å². The fourth-order valence-electron chi connectivity index (χ4n) is 2.18. The van der Waals surface area contributed by atoms with Crippen molar-refractivity contribution in [1.82, 2.24) is 10.1 Å². The van der Waals surface area contributed by atoms with Crippen LogP contribution in [0.4, 0.5) is 0 Å². The Balaban J connectivity index is 1.76. The van der Waals surface area contributed by atoms with E-state index >= 15 is 0 Å². The molecule has 21 heavy (non-hydrogen) atoms. The minimum absolute atomic E-state index is 0.133. The molecule has 5 heteroatoms. The van der Waals surface area contributed by atoms with Crippen LogP contribution in [0.3, 0.4) is 0 Å². The lowest BCUT2D eigenvalue weighted by molar-refractivity contribution is -0.225. The van der Waals surface area contributed by atoms with Gasteiger partial charge in [-0.15, -0.1) is 0 Å². The second kappa shape index (κ2) is 5.58. The monoisotopic (exact) mass is 288 g/mol. The van der Waals surface area contributed by atoms with E-state index in [1.165, 1.54) is 0 Å². The van der Waals surface area contributed by atoms with E-state index in [9.17, 15) is 0 Å². The standard InChI is InChI=1S/C16H20N2O3/c1-16(2,3)15-17-13(21-18-15)12-9-10-19-14(20-12)11-7-5-4-6-8-11/h4-8,12,14H,9-10H2,1-3H3. The highest BCUT2D eigenvalue weighted by atomic mass is 16.7. The number of hydrogen-bond donors (Lipinski definition) is 0. The minimum Gasteiger partial charge on any atom is -0.348 e. The summed E-state index contributed by atoms with van der Waals surface area (Å²) in [6.07, 6.45) is 0.122. The molecule has 0 radical (unpaired) electrons. The summed E-state index contributed by atoms with van der Waals surface area (Å²) in [7, 11) is 0. The van der Waals surface area contributed by atoms with Crippen molar-refractivity contribution in [2.75, 3.05) is 6.61 Å². The molecule has 2 aromatic rings. The molecule has 1 fully saturated rings. The third-order valence-electron chi connectivity index (χ3n) is 3.40. The molecule has 2 atom stereocenters. The van der Waals surface area contributed by atoms with Crippen LogP contribution in [0.5, 0.6) is 0 Å². The Morgan fingerprint density at radius 1 is 1.14 bits per heavy atom. The summed E-state index contributed by atoms with van der Waals surface area (Å²) in [4.78, 5) is 4.47. The van der Waals surface area contributed by atoms with E-state index in [-0.39, 0.29) is 17.8 Å². The fourth-order valence-corrected chi connectivity index (χ4v) is 2.18. The van der Waals surface area contributed by atoms with Crippen LogP contribution in [0, 0.1) is 0 Å². The van der Waals surface area contributed by atoms with Crippen LogP contribution in [-0.2, 0) is 14.9 Å². The maximum atomic E-state index is 5.97. The zero-order chi connectivity index (χ0) is 14.9. The van der Waals surface area contributed by atoms with Crippen LogP contribution in [0.2, 0.25) is 0 Å². The van der Waals surface area contributed by atoms with Gasteiger partial charge in [0, 0.05) is 17.4 Å². The van der Waals surface area contributed by atoms with Crippen LogP contribution in [0.15, 0.2) is 34.9 Å². The number of ether oxygens (including phenoxy) is 2. The second-order valence-electron chi connectivity index (χ2n) is 6.23. The maximum absolute atomic E-state index is 5.97. The summed E-state index contributed by atoms with van der Waals surface area (Å²) >= 11 is 0. The number of hydrogen-bond acceptors (Lipinski definition) is 5. The highest BCUT2D eigenvalue weighted by Gasteiger charge is 2.31. The topological polar surface area (TPSA) is 57.4 Å². The Labute approximate surface area is 124 Å². The molecule has 1 aliphatic heterocycles. The van der Waals surface area contributed by atoms with Crippen molar-refractivity contribution in [3.8, 4) is 0 Å². The van der Waals surface area contributed by atoms with Gasteiger partial charge in [0.15, 0.2) is 12.1 Å². The average molecular weight is 288 g/mol. The molecule has 3 rings (SSSR count). The van der Waals surface area contributed by atoms with Gasteiger partial charge in [0.1, 0.15) is 6.10 Å². The molecule has 0 aliphatic carbocycles. The van der Waals surface area contributed by atoms with Crippen molar-refractivity contribution in [3.63, 3.8) is 0 Å². The molecule has 0 spiro atoms. The van der Waals surface area contributed by atoms with Gasteiger partial charge < -0.3 is 14.0 Å². The number of aromatic nitrogens is 2. The van der Waals surface area contributed by atoms with E-state index < -0.39 is 0 Å². The predicted octanol–water partition coefficient (Wildman–Crippen LogP) is 3.54. The van der Waals surface area contributed by atoms with Crippen molar-refractivity contribution in [3.05, 3.63) is 47.6 Å². The highest BCUT2D eigenvalue weighted by molar-refractivity contribution is 5.16. The fraction of sp³-hybridized carbons (Fsp3) is 0.500. The smallest absolute Gasteiger partial charge is 0.256 e. The molecule has 0 saturated carbocycles. The summed E-state index contributed by atoms with van der Waals surface area (Å²) in [5.74, 6) is 1.23. The molecule has 2 heterocycles. The lowest BCUT2D eigenvalue weighted by Gasteiger charge is -2.28. The third kappa shape index (κ3) is 3.14. The predicted molar refractivity (Wildman–Crippen MR) is 76.6 cm³/mol. The van der Waals surface area contributed by atoms with Gasteiger partial charge in [0.25, 0.3) is 5.89 Å². The van der Waals surface area contributed by atoms with Crippen molar-refractivity contribution >= 4 is 0 Å². The molecular weight excluding hydrogens is 268 g/mol. The Hall–Kier alpha value is -1.72. The Bertz CT molecular complexity index is 589. The van der Waals surface area contributed by atoms with Crippen molar-refractivity contribution < 1.29 is 14.0 Å². The van der Waals surface area contributed by atoms with Gasteiger partial charge in [-0.3, -0.25) is 0 Å². The lowest BCUT2D eigenvalue weighted by Crippen LogP contribution is -2.22. The van der Waals surface area contributed by atoms with Gasteiger partial charge in [-0.1, -0.05) is 56.3 Å². The Kier molecular flexibility index (Phi) is 3.78. The lowest BCUT2D eigenvalue weighted by atomic mass is 9.96. The van der Waals surface area contributed by atoms with Crippen LogP contribution in [-0.4, -0.2) is 16.7 Å². The van der Waals surface area contributed by atoms with E-state index in [1.54, 1.807) is 0 Å². The van der Waals surface area contributed by atoms with E-state index in [4.69, 9.17) is 14.0 Å². The van der Waals surface area contributed by atoms with Crippen LogP contribution in [0.1, 0.15) is 56.9 Å². The molecule has 1 saturated heterocycles. The number of rotatable bonds is 2. The van der Waals surface area contributed by atoms with Gasteiger partial charge in [-0.2, -0.15) is 4.98 Å². The van der Waals surface area contributed by atoms with Crippen LogP contribution in [0.25, 0.3) is 0 Å². The first-order valence-corrected chi connectivity index (χ1v) is 7.20. The van der Waals surface area contributed by atoms with E-state index in [1.807, 2.05) is 30.3 Å². The molecule has 0 N–H and O–H groups in total. The summed E-state index contributed by atoms with van der Waals surface area (Å²) in [6, 6.07) is 9.88. The Morgan fingerprint density at radius 2 is 1.90 bits per heavy atom. The first-order valence-electron chi connectivity index (χ1n) is 7.20. The minimum atomic E-state index is -0.380. The first-order chi connectivity index (χ1) is 10.0. The molecule has 1 aromatic heterocycles. The summed E-state index contributed by atoms with van der Waals surface area (Å²) in [5.41, 5.74) is 0.865. The third-order valence-corrected chi connectivity index (χ3v) is 3.40. The molecule has 0 bridgehead atoms. The van der Waals surface area contributed by atoms with E-state index in [0.717, 1.165) is 12.0 Å². The number of nitrogens with zero attached hydrogens (tertiary/aromatic N) is 2. The summed E-state index contributed by atoms with van der Waals surface area (Å²) < 4.78 is 17.0. The molecular formula is C16H20N2O3. The van der Waals surface area contributed by atoms with Crippen LogP contribution < -0.4 is 0 Å². The van der Waals surface area contributed by atoms with E-state index in [2.05, 4.69) is 30.9 Å². The molecule has 1 aliphatic rings. The van der Waals surface area contributed by atoms with Crippen molar-refractivity contribution in [2.45, 2.75) is 45.0 Å². The summed E-state index contributed by atoms with van der Waals surface area (Å²) in [5, 5.41) is 4.05. The number of benzene rings is 1. The zero-order valence-corrected chi connectivity index (χ0v) is 12.6. The summed E-state index contributed by atoms with van der Waals surface area (Å²) in [6.45, 7) is 6.77. The SMILES string of the molecule is CC(C)(C)c1noc(C2CCOC(c3ccccc3)O2)n1. The highest BCUT2D eigenvalue weighted by Crippen LogP contribution is 2.34. The van der Waals surface area contributed by atoms with Crippen molar-refractivity contribution in [2.24, 2.45) is 0 Å². The first kappa shape index (κ1) is 14.2. The molecule has 0 amide bonds. The molecule has 5 nitrogen and oxygen atoms in total. The quantitative estimate of drug-likeness (QED) is 0.846. The Morgan fingerprint density at radius 3 is 2.57 bits per heavy atom. The largest absolute Gasteiger partial charge is 0.348 e. The van der Waals surface area contributed by atoms with Gasteiger partial charge in [0.05, 0.1) is 6.61 Å². The second-order valence-corrected chi connectivity index (χ2v) is 6.23. The van der Waals surface area contributed by atoms with Gasteiger partial charge >= 0.3 is 0 Å². The zero-order valence-electron chi connectivity index (χ0n) is 12.6. The maximum Gasteiger partial charge on any atom is 0.256 e. The van der Waals surface area contributed by atoms with Crippen LogP contribution >= 0.6 is 0 Å².